The van der Waals surface area contributed by atoms with Crippen LogP contribution in [-0.4, -0.2) is 31.1 Å². The Bertz CT molecular complexity index is 422. The van der Waals surface area contributed by atoms with Crippen LogP contribution in [0.15, 0.2) is 30.3 Å². The summed E-state index contributed by atoms with van der Waals surface area (Å²) >= 11 is 0. The molecule has 2 nitrogen and oxygen atoms in total. The highest BCUT2D eigenvalue weighted by Crippen LogP contribution is 2.41. The van der Waals surface area contributed by atoms with E-state index in [2.05, 4.69) is 47.5 Å². The molecule has 0 radical (unpaired) electrons. The van der Waals surface area contributed by atoms with Crippen LogP contribution < -0.4 is 5.32 Å². The smallest absolute Gasteiger partial charge is 0.0449 e. The maximum Gasteiger partial charge on any atom is 0.0449 e. The molecule has 1 atom stereocenters. The molecule has 0 amide bonds. The van der Waals surface area contributed by atoms with Gasteiger partial charge in [-0.2, -0.15) is 0 Å². The van der Waals surface area contributed by atoms with Crippen LogP contribution in [-0.2, 0) is 0 Å². The molecular formula is C19H30N2. The van der Waals surface area contributed by atoms with E-state index in [0.717, 1.165) is 6.54 Å². The molecule has 1 aliphatic carbocycles. The molecule has 21 heavy (non-hydrogen) atoms. The normalized spacial score (nSPS) is 26.6. The molecular weight excluding hydrogens is 256 g/mol. The SMILES string of the molecule is CCC1(CN2CCCNC(c3ccccc3)C2)CCCC1. The molecule has 2 aliphatic rings. The van der Waals surface area contributed by atoms with Crippen LogP contribution in [0.2, 0.25) is 0 Å². The Balaban J connectivity index is 1.67. The van der Waals surface area contributed by atoms with Crippen molar-refractivity contribution in [3.8, 4) is 0 Å². The lowest BCUT2D eigenvalue weighted by atomic mass is 9.82. The molecule has 1 aliphatic heterocycles. The number of hydrogen-bond donors (Lipinski definition) is 1. The standard InChI is InChI=1S/C19H30N2/c1-2-19(11-6-7-12-19)16-21-14-8-13-20-18(15-21)17-9-4-3-5-10-17/h3-5,9-10,18,20H,2,6-8,11-16H2,1H3. The molecule has 0 aromatic heterocycles. The second-order valence-electron chi connectivity index (χ2n) is 7.07. The first kappa shape index (κ1) is 15.1. The Morgan fingerprint density at radius 1 is 1.14 bits per heavy atom. The van der Waals surface area contributed by atoms with E-state index in [1.165, 1.54) is 63.7 Å². The zero-order valence-electron chi connectivity index (χ0n) is 13.5. The second kappa shape index (κ2) is 6.93. The molecule has 116 valence electrons. The lowest BCUT2D eigenvalue weighted by Gasteiger charge is -2.35. The summed E-state index contributed by atoms with van der Waals surface area (Å²) < 4.78 is 0. The molecule has 3 rings (SSSR count). The molecule has 1 saturated carbocycles. The molecule has 0 spiro atoms. The largest absolute Gasteiger partial charge is 0.309 e. The average Bonchev–Trinajstić information content (AvgIpc) is 2.87. The van der Waals surface area contributed by atoms with E-state index in [4.69, 9.17) is 0 Å². The van der Waals surface area contributed by atoms with Crippen LogP contribution >= 0.6 is 0 Å². The molecule has 0 bridgehead atoms. The van der Waals surface area contributed by atoms with Crippen molar-refractivity contribution in [2.45, 2.75) is 51.5 Å². The first-order valence-corrected chi connectivity index (χ1v) is 8.82. The van der Waals surface area contributed by atoms with Crippen molar-refractivity contribution >= 4 is 0 Å². The van der Waals surface area contributed by atoms with E-state index in [0.29, 0.717) is 11.5 Å². The van der Waals surface area contributed by atoms with Crippen LogP contribution in [0.1, 0.15) is 57.1 Å². The van der Waals surface area contributed by atoms with Gasteiger partial charge < -0.3 is 10.2 Å². The summed E-state index contributed by atoms with van der Waals surface area (Å²) in [6.07, 6.45) is 8.42. The van der Waals surface area contributed by atoms with Crippen LogP contribution in [0.25, 0.3) is 0 Å². The Labute approximate surface area is 129 Å². The maximum absolute atomic E-state index is 3.74. The van der Waals surface area contributed by atoms with Gasteiger partial charge in [-0.05, 0) is 49.8 Å². The zero-order chi connectivity index (χ0) is 14.5. The summed E-state index contributed by atoms with van der Waals surface area (Å²) in [4.78, 5) is 2.74. The van der Waals surface area contributed by atoms with Crippen molar-refractivity contribution in [1.29, 1.82) is 0 Å². The van der Waals surface area contributed by atoms with Gasteiger partial charge in [-0.15, -0.1) is 0 Å². The van der Waals surface area contributed by atoms with Gasteiger partial charge in [0.1, 0.15) is 0 Å². The summed E-state index contributed by atoms with van der Waals surface area (Å²) in [5.74, 6) is 0. The van der Waals surface area contributed by atoms with Crippen molar-refractivity contribution in [3.63, 3.8) is 0 Å². The predicted octanol–water partition coefficient (Wildman–Crippen LogP) is 3.99. The highest BCUT2D eigenvalue weighted by atomic mass is 15.2. The zero-order valence-corrected chi connectivity index (χ0v) is 13.5. The summed E-state index contributed by atoms with van der Waals surface area (Å²) in [6, 6.07) is 11.5. The van der Waals surface area contributed by atoms with Gasteiger partial charge in [0.15, 0.2) is 0 Å². The Hall–Kier alpha value is -0.860. The Kier molecular flexibility index (Phi) is 4.97. The van der Waals surface area contributed by atoms with E-state index in [-0.39, 0.29) is 0 Å². The molecule has 2 fully saturated rings. The number of benzene rings is 1. The molecule has 1 heterocycles. The topological polar surface area (TPSA) is 15.3 Å². The number of nitrogens with zero attached hydrogens (tertiary/aromatic N) is 1. The summed E-state index contributed by atoms with van der Waals surface area (Å²) in [7, 11) is 0. The molecule has 1 aromatic carbocycles. The van der Waals surface area contributed by atoms with Crippen LogP contribution in [0.3, 0.4) is 0 Å². The van der Waals surface area contributed by atoms with Crippen LogP contribution in [0.5, 0.6) is 0 Å². The molecule has 1 aromatic rings. The minimum Gasteiger partial charge on any atom is -0.309 e. The molecule has 2 heteroatoms. The van der Waals surface area contributed by atoms with Crippen LogP contribution in [0, 0.1) is 5.41 Å². The highest BCUT2D eigenvalue weighted by Gasteiger charge is 2.34. The van der Waals surface area contributed by atoms with Gasteiger partial charge in [0, 0.05) is 19.1 Å². The monoisotopic (exact) mass is 286 g/mol. The fraction of sp³-hybridized carbons (Fsp3) is 0.684. The lowest BCUT2D eigenvalue weighted by molar-refractivity contribution is 0.145. The van der Waals surface area contributed by atoms with Gasteiger partial charge in [0.05, 0.1) is 0 Å². The Morgan fingerprint density at radius 2 is 1.90 bits per heavy atom. The van der Waals surface area contributed by atoms with Crippen molar-refractivity contribution in [2.24, 2.45) is 5.41 Å². The number of nitrogens with one attached hydrogen (secondary N) is 1. The minimum absolute atomic E-state index is 0.504. The fourth-order valence-electron chi connectivity index (χ4n) is 4.27. The molecule has 1 unspecified atom stereocenters. The van der Waals surface area contributed by atoms with Gasteiger partial charge in [0.2, 0.25) is 0 Å². The van der Waals surface area contributed by atoms with Gasteiger partial charge >= 0.3 is 0 Å². The first-order valence-electron chi connectivity index (χ1n) is 8.82. The Morgan fingerprint density at radius 3 is 2.62 bits per heavy atom. The fourth-order valence-corrected chi connectivity index (χ4v) is 4.27. The van der Waals surface area contributed by atoms with Crippen molar-refractivity contribution < 1.29 is 0 Å². The van der Waals surface area contributed by atoms with Crippen LogP contribution in [0.4, 0.5) is 0 Å². The van der Waals surface area contributed by atoms with Gasteiger partial charge in [-0.3, -0.25) is 0 Å². The van der Waals surface area contributed by atoms with Crippen molar-refractivity contribution in [3.05, 3.63) is 35.9 Å². The predicted molar refractivity (Wildman–Crippen MR) is 89.4 cm³/mol. The van der Waals surface area contributed by atoms with E-state index in [9.17, 15) is 0 Å². The summed E-state index contributed by atoms with van der Waals surface area (Å²) in [5, 5.41) is 3.74. The minimum atomic E-state index is 0.504. The average molecular weight is 286 g/mol. The summed E-state index contributed by atoms with van der Waals surface area (Å²) in [6.45, 7) is 7.30. The van der Waals surface area contributed by atoms with E-state index < -0.39 is 0 Å². The highest BCUT2D eigenvalue weighted by molar-refractivity contribution is 5.19. The van der Waals surface area contributed by atoms with E-state index in [1.54, 1.807) is 0 Å². The first-order chi connectivity index (χ1) is 10.3. The molecule has 1 N–H and O–H groups in total. The molecule has 1 saturated heterocycles. The third-order valence-corrected chi connectivity index (χ3v) is 5.66. The number of hydrogen-bond acceptors (Lipinski definition) is 2. The van der Waals surface area contributed by atoms with Gasteiger partial charge in [-0.25, -0.2) is 0 Å². The quantitative estimate of drug-likeness (QED) is 0.900. The van der Waals surface area contributed by atoms with Crippen molar-refractivity contribution in [2.75, 3.05) is 26.2 Å². The maximum atomic E-state index is 3.74. The second-order valence-corrected chi connectivity index (χ2v) is 7.07. The number of rotatable bonds is 4. The van der Waals surface area contributed by atoms with Gasteiger partial charge in [-0.1, -0.05) is 50.1 Å². The summed E-state index contributed by atoms with van der Waals surface area (Å²) in [5.41, 5.74) is 2.06. The third-order valence-electron chi connectivity index (χ3n) is 5.66. The van der Waals surface area contributed by atoms with Crippen molar-refractivity contribution in [1.82, 2.24) is 10.2 Å². The van der Waals surface area contributed by atoms with E-state index >= 15 is 0 Å². The third kappa shape index (κ3) is 3.67. The van der Waals surface area contributed by atoms with Gasteiger partial charge in [0.25, 0.3) is 0 Å². The lowest BCUT2D eigenvalue weighted by Crippen LogP contribution is -2.39. The van der Waals surface area contributed by atoms with E-state index in [1.807, 2.05) is 0 Å².